The molecule has 5 heteroatoms. The van der Waals surface area contributed by atoms with Crippen LogP contribution in [0.4, 0.5) is 0 Å². The number of aliphatic hydroxyl groups excluding tert-OH is 1. The quantitative estimate of drug-likeness (QED) is 0.826. The van der Waals surface area contributed by atoms with E-state index in [0.717, 1.165) is 5.56 Å². The summed E-state index contributed by atoms with van der Waals surface area (Å²) in [7, 11) is 0. The minimum absolute atomic E-state index is 0.422. The molecule has 0 heterocycles. The lowest BCUT2D eigenvalue weighted by molar-refractivity contribution is 0.0957. The Balaban J connectivity index is 2.87. The first-order valence-corrected chi connectivity index (χ1v) is 6.44. The van der Waals surface area contributed by atoms with Crippen molar-refractivity contribution in [2.24, 2.45) is 0 Å². The van der Waals surface area contributed by atoms with Gasteiger partial charge in [0.1, 0.15) is 0 Å². The van der Waals surface area contributed by atoms with Crippen LogP contribution in [0.5, 0.6) is 0 Å². The molecule has 0 aromatic heterocycles. The van der Waals surface area contributed by atoms with Crippen LogP contribution in [-0.4, -0.2) is 16.7 Å². The van der Waals surface area contributed by atoms with Gasteiger partial charge in [-0.15, -0.1) is 0 Å². The lowest BCUT2D eigenvalue weighted by Gasteiger charge is -2.30. The molecule has 1 atom stereocenters. The Morgan fingerprint density at radius 2 is 1.76 bits per heavy atom. The highest BCUT2D eigenvalue weighted by molar-refractivity contribution is 6.44. The van der Waals surface area contributed by atoms with Crippen LogP contribution in [0.3, 0.4) is 0 Å². The summed E-state index contributed by atoms with van der Waals surface area (Å²) in [6.45, 7) is 6.00. The molecule has 1 aromatic carbocycles. The Kier molecular flexibility index (Phi) is 5.11. The molecule has 96 valence electrons. The highest BCUT2D eigenvalue weighted by Crippen LogP contribution is 2.31. The predicted octanol–water partition coefficient (Wildman–Crippen LogP) is 3.90. The maximum Gasteiger partial charge on any atom is 0.0688 e. The van der Waals surface area contributed by atoms with Gasteiger partial charge in [0.05, 0.1) is 16.1 Å². The summed E-state index contributed by atoms with van der Waals surface area (Å²) in [4.78, 5) is 0. The number of hydrogen-bond acceptors (Lipinski definition) is 2. The van der Waals surface area contributed by atoms with E-state index < -0.39 is 11.6 Å². The van der Waals surface area contributed by atoms with Crippen LogP contribution >= 0.6 is 34.8 Å². The van der Waals surface area contributed by atoms with Gasteiger partial charge in [-0.25, -0.2) is 0 Å². The van der Waals surface area contributed by atoms with Gasteiger partial charge < -0.3 is 10.4 Å². The van der Waals surface area contributed by atoms with Crippen molar-refractivity contribution in [2.45, 2.75) is 39.0 Å². The molecule has 0 bridgehead atoms. The first-order valence-electron chi connectivity index (χ1n) is 5.31. The van der Waals surface area contributed by atoms with Crippen LogP contribution in [0.1, 0.15) is 26.3 Å². The van der Waals surface area contributed by atoms with E-state index >= 15 is 0 Å². The maximum atomic E-state index is 9.60. The van der Waals surface area contributed by atoms with Crippen molar-refractivity contribution in [1.82, 2.24) is 5.32 Å². The molecule has 2 N–H and O–H groups in total. The molecule has 1 rings (SSSR count). The van der Waals surface area contributed by atoms with Crippen LogP contribution in [-0.2, 0) is 6.54 Å². The van der Waals surface area contributed by atoms with Gasteiger partial charge in [-0.05, 0) is 32.9 Å². The van der Waals surface area contributed by atoms with Crippen molar-refractivity contribution in [2.75, 3.05) is 0 Å². The summed E-state index contributed by atoms with van der Waals surface area (Å²) in [6, 6.07) is 3.37. The van der Waals surface area contributed by atoms with E-state index in [4.69, 9.17) is 34.8 Å². The van der Waals surface area contributed by atoms with Crippen LogP contribution < -0.4 is 5.32 Å². The number of aliphatic hydroxyl groups is 1. The van der Waals surface area contributed by atoms with Crippen LogP contribution in [0, 0.1) is 0 Å². The second kappa shape index (κ2) is 5.77. The van der Waals surface area contributed by atoms with Gasteiger partial charge >= 0.3 is 0 Å². The Labute approximate surface area is 117 Å². The molecule has 1 aromatic rings. The van der Waals surface area contributed by atoms with Gasteiger partial charge in [-0.3, -0.25) is 0 Å². The van der Waals surface area contributed by atoms with Gasteiger partial charge in [0.2, 0.25) is 0 Å². The molecule has 0 amide bonds. The summed E-state index contributed by atoms with van der Waals surface area (Å²) in [5.41, 5.74) is 0.323. The van der Waals surface area contributed by atoms with E-state index in [2.05, 4.69) is 5.32 Å². The molecule has 17 heavy (non-hydrogen) atoms. The number of benzene rings is 1. The summed E-state index contributed by atoms with van der Waals surface area (Å²) >= 11 is 18.1. The second-order valence-electron chi connectivity index (χ2n) is 4.57. The van der Waals surface area contributed by atoms with Crippen LogP contribution in [0.25, 0.3) is 0 Å². The van der Waals surface area contributed by atoms with Crippen molar-refractivity contribution in [3.8, 4) is 0 Å². The molecule has 0 saturated heterocycles. The Bertz CT molecular complexity index is 405. The number of hydrogen-bond donors (Lipinski definition) is 2. The third-order valence-electron chi connectivity index (χ3n) is 2.90. The molecule has 0 saturated carbocycles. The average molecular weight is 297 g/mol. The topological polar surface area (TPSA) is 32.3 Å². The number of nitrogens with one attached hydrogen (secondary N) is 1. The lowest BCUT2D eigenvalue weighted by atomic mass is 9.98. The zero-order chi connectivity index (χ0) is 13.2. The smallest absolute Gasteiger partial charge is 0.0688 e. The minimum atomic E-state index is -0.487. The average Bonchev–Trinajstić information content (AvgIpc) is 2.23. The first-order chi connectivity index (χ1) is 7.75. The van der Waals surface area contributed by atoms with Gasteiger partial charge in [-0.2, -0.15) is 0 Å². The maximum absolute atomic E-state index is 9.60. The zero-order valence-electron chi connectivity index (χ0n) is 10.0. The Morgan fingerprint density at radius 1 is 1.24 bits per heavy atom. The minimum Gasteiger partial charge on any atom is -0.392 e. The van der Waals surface area contributed by atoms with Crippen LogP contribution in [0.2, 0.25) is 15.1 Å². The van der Waals surface area contributed by atoms with E-state index in [0.29, 0.717) is 21.6 Å². The fourth-order valence-corrected chi connectivity index (χ4v) is 1.88. The lowest BCUT2D eigenvalue weighted by Crippen LogP contribution is -2.47. The van der Waals surface area contributed by atoms with Gasteiger partial charge in [-0.1, -0.05) is 34.8 Å². The zero-order valence-corrected chi connectivity index (χ0v) is 12.3. The van der Waals surface area contributed by atoms with Crippen LogP contribution in [0.15, 0.2) is 12.1 Å². The number of rotatable bonds is 4. The molecular formula is C12H16Cl3NO. The highest BCUT2D eigenvalue weighted by atomic mass is 35.5. The van der Waals surface area contributed by atoms with Gasteiger partial charge in [0, 0.05) is 22.7 Å². The summed E-state index contributed by atoms with van der Waals surface area (Å²) in [5, 5.41) is 14.3. The van der Waals surface area contributed by atoms with Crippen molar-refractivity contribution < 1.29 is 5.11 Å². The van der Waals surface area contributed by atoms with Gasteiger partial charge in [0.25, 0.3) is 0 Å². The Morgan fingerprint density at radius 3 is 2.29 bits per heavy atom. The van der Waals surface area contributed by atoms with E-state index in [1.165, 1.54) is 0 Å². The normalized spacial score (nSPS) is 13.8. The summed E-state index contributed by atoms with van der Waals surface area (Å²) in [6.07, 6.45) is -0.487. The summed E-state index contributed by atoms with van der Waals surface area (Å²) < 4.78 is 0. The predicted molar refractivity (Wildman–Crippen MR) is 74.1 cm³/mol. The monoisotopic (exact) mass is 295 g/mol. The molecular weight excluding hydrogens is 280 g/mol. The van der Waals surface area contributed by atoms with E-state index in [-0.39, 0.29) is 0 Å². The van der Waals surface area contributed by atoms with Gasteiger partial charge in [0.15, 0.2) is 0 Å². The fraction of sp³-hybridized carbons (Fsp3) is 0.500. The fourth-order valence-electron chi connectivity index (χ4n) is 1.20. The molecule has 1 unspecified atom stereocenters. The molecule has 0 aliphatic rings. The van der Waals surface area contributed by atoms with E-state index in [1.54, 1.807) is 19.1 Å². The van der Waals surface area contributed by atoms with E-state index in [1.807, 2.05) is 13.8 Å². The van der Waals surface area contributed by atoms with E-state index in [9.17, 15) is 5.11 Å². The molecule has 0 aliphatic carbocycles. The standard InChI is InChI=1S/C12H16Cl3NO/c1-7(17)12(2,3)16-6-8-9(13)4-5-10(14)11(8)15/h4-5,7,16-17H,6H2,1-3H3. The third-order valence-corrected chi connectivity index (χ3v) is 4.10. The second-order valence-corrected chi connectivity index (χ2v) is 5.77. The number of halogens is 3. The first kappa shape index (κ1) is 15.1. The summed E-state index contributed by atoms with van der Waals surface area (Å²) in [5.74, 6) is 0. The molecule has 0 aliphatic heterocycles. The third kappa shape index (κ3) is 3.73. The Hall–Kier alpha value is 0.01000. The van der Waals surface area contributed by atoms with Crippen molar-refractivity contribution in [3.05, 3.63) is 32.8 Å². The molecule has 0 spiro atoms. The largest absolute Gasteiger partial charge is 0.392 e. The van der Waals surface area contributed by atoms with Crippen molar-refractivity contribution in [1.29, 1.82) is 0 Å². The van der Waals surface area contributed by atoms with Crippen molar-refractivity contribution >= 4 is 34.8 Å². The van der Waals surface area contributed by atoms with Crippen molar-refractivity contribution in [3.63, 3.8) is 0 Å². The molecule has 2 nitrogen and oxygen atoms in total. The SMILES string of the molecule is CC(O)C(C)(C)NCc1c(Cl)ccc(Cl)c1Cl. The molecule has 0 fully saturated rings. The highest BCUT2D eigenvalue weighted by Gasteiger charge is 2.24. The molecule has 0 radical (unpaired) electrons.